The molecule has 0 bridgehead atoms. The molecule has 1 atom stereocenters. The summed E-state index contributed by atoms with van der Waals surface area (Å²) >= 11 is 0. The van der Waals surface area contributed by atoms with Crippen LogP contribution in [0.3, 0.4) is 0 Å². The molecule has 0 aliphatic rings. The van der Waals surface area contributed by atoms with Crippen molar-refractivity contribution < 1.29 is 0 Å². The lowest BCUT2D eigenvalue weighted by Gasteiger charge is -2.30. The highest BCUT2D eigenvalue weighted by atomic mass is 15.1. The third-order valence-electron chi connectivity index (χ3n) is 3.99. The Morgan fingerprint density at radius 1 is 0.800 bits per heavy atom. The monoisotopic (exact) mass is 267 g/mol. The highest BCUT2D eigenvalue weighted by Gasteiger charge is 2.17. The van der Waals surface area contributed by atoms with Crippen molar-refractivity contribution in [1.29, 1.82) is 0 Å². The second kappa shape index (κ2) is 7.86. The summed E-state index contributed by atoms with van der Waals surface area (Å²) in [6.45, 7) is 6.71. The van der Waals surface area contributed by atoms with E-state index >= 15 is 0 Å². The molecule has 0 amide bonds. The van der Waals surface area contributed by atoms with E-state index in [1.165, 1.54) is 17.5 Å². The van der Waals surface area contributed by atoms with Gasteiger partial charge in [0.15, 0.2) is 0 Å². The zero-order valence-corrected chi connectivity index (χ0v) is 12.6. The van der Waals surface area contributed by atoms with Gasteiger partial charge in [-0.2, -0.15) is 0 Å². The first-order chi connectivity index (χ1) is 9.85. The number of rotatable bonds is 7. The van der Waals surface area contributed by atoms with Gasteiger partial charge in [-0.1, -0.05) is 74.5 Å². The molecule has 0 radical (unpaired) electrons. The van der Waals surface area contributed by atoms with Gasteiger partial charge in [0.05, 0.1) is 0 Å². The SMILES string of the molecule is CCN(CC)C(CCc1ccccc1)c1ccccc1. The Morgan fingerprint density at radius 3 is 1.90 bits per heavy atom. The predicted octanol–water partition coefficient (Wildman–Crippen LogP) is 4.70. The van der Waals surface area contributed by atoms with Crippen molar-refractivity contribution in [2.45, 2.75) is 32.7 Å². The van der Waals surface area contributed by atoms with Crippen LogP contribution in [0.25, 0.3) is 0 Å². The Hall–Kier alpha value is -1.60. The minimum Gasteiger partial charge on any atom is -0.297 e. The molecular formula is C19H25N. The third-order valence-corrected chi connectivity index (χ3v) is 3.99. The molecule has 0 N–H and O–H groups in total. The van der Waals surface area contributed by atoms with Crippen molar-refractivity contribution >= 4 is 0 Å². The summed E-state index contributed by atoms with van der Waals surface area (Å²) in [4.78, 5) is 2.55. The molecule has 2 aromatic carbocycles. The van der Waals surface area contributed by atoms with E-state index in [9.17, 15) is 0 Å². The van der Waals surface area contributed by atoms with Crippen molar-refractivity contribution in [3.63, 3.8) is 0 Å². The van der Waals surface area contributed by atoms with Crippen LogP contribution in [-0.4, -0.2) is 18.0 Å². The largest absolute Gasteiger partial charge is 0.297 e. The average molecular weight is 267 g/mol. The molecule has 0 saturated heterocycles. The first kappa shape index (κ1) is 14.8. The number of nitrogens with zero attached hydrogens (tertiary/aromatic N) is 1. The van der Waals surface area contributed by atoms with Crippen LogP contribution in [0.1, 0.15) is 37.4 Å². The van der Waals surface area contributed by atoms with Gasteiger partial charge in [0, 0.05) is 6.04 Å². The van der Waals surface area contributed by atoms with Crippen molar-refractivity contribution in [3.8, 4) is 0 Å². The Bertz CT molecular complexity index is 474. The molecular weight excluding hydrogens is 242 g/mol. The molecule has 0 aliphatic heterocycles. The molecule has 0 heterocycles. The van der Waals surface area contributed by atoms with Crippen LogP contribution in [0.5, 0.6) is 0 Å². The molecule has 0 spiro atoms. The van der Waals surface area contributed by atoms with Crippen molar-refractivity contribution in [2.24, 2.45) is 0 Å². The van der Waals surface area contributed by atoms with Gasteiger partial charge in [0.2, 0.25) is 0 Å². The summed E-state index contributed by atoms with van der Waals surface area (Å²) in [6.07, 6.45) is 2.31. The van der Waals surface area contributed by atoms with Gasteiger partial charge in [-0.3, -0.25) is 4.90 Å². The fourth-order valence-corrected chi connectivity index (χ4v) is 2.85. The van der Waals surface area contributed by atoms with Gasteiger partial charge in [-0.05, 0) is 37.1 Å². The van der Waals surface area contributed by atoms with Gasteiger partial charge in [-0.25, -0.2) is 0 Å². The van der Waals surface area contributed by atoms with Crippen LogP contribution >= 0.6 is 0 Å². The highest BCUT2D eigenvalue weighted by Crippen LogP contribution is 2.25. The topological polar surface area (TPSA) is 3.24 Å². The Balaban J connectivity index is 2.11. The van der Waals surface area contributed by atoms with Crippen LogP contribution in [0.2, 0.25) is 0 Å². The fraction of sp³-hybridized carbons (Fsp3) is 0.368. The van der Waals surface area contributed by atoms with Crippen LogP contribution in [0, 0.1) is 0 Å². The molecule has 1 heteroatoms. The lowest BCUT2D eigenvalue weighted by Crippen LogP contribution is -2.28. The lowest BCUT2D eigenvalue weighted by molar-refractivity contribution is 0.208. The van der Waals surface area contributed by atoms with E-state index in [0.717, 1.165) is 19.5 Å². The van der Waals surface area contributed by atoms with Crippen molar-refractivity contribution in [3.05, 3.63) is 71.8 Å². The maximum absolute atomic E-state index is 2.55. The minimum atomic E-state index is 0.520. The standard InChI is InChI=1S/C19H25N/c1-3-20(4-2)19(18-13-9-6-10-14-18)16-15-17-11-7-5-8-12-17/h5-14,19H,3-4,15-16H2,1-2H3. The van der Waals surface area contributed by atoms with E-state index in [2.05, 4.69) is 79.4 Å². The summed E-state index contributed by atoms with van der Waals surface area (Å²) in [7, 11) is 0. The highest BCUT2D eigenvalue weighted by molar-refractivity contribution is 5.20. The van der Waals surface area contributed by atoms with E-state index < -0.39 is 0 Å². The van der Waals surface area contributed by atoms with E-state index in [1.54, 1.807) is 0 Å². The maximum Gasteiger partial charge on any atom is 0.0351 e. The second-order valence-electron chi connectivity index (χ2n) is 5.17. The quantitative estimate of drug-likeness (QED) is 0.702. The molecule has 0 aromatic heterocycles. The summed E-state index contributed by atoms with van der Waals surface area (Å²) in [5.74, 6) is 0. The first-order valence-corrected chi connectivity index (χ1v) is 7.68. The van der Waals surface area contributed by atoms with Crippen LogP contribution < -0.4 is 0 Å². The van der Waals surface area contributed by atoms with Crippen molar-refractivity contribution in [1.82, 2.24) is 4.90 Å². The zero-order valence-electron chi connectivity index (χ0n) is 12.6. The summed E-state index contributed by atoms with van der Waals surface area (Å²) in [5.41, 5.74) is 2.87. The number of aryl methyl sites for hydroxylation is 1. The Labute approximate surface area is 123 Å². The third kappa shape index (κ3) is 3.94. The van der Waals surface area contributed by atoms with Gasteiger partial charge < -0.3 is 0 Å². The maximum atomic E-state index is 2.55. The lowest BCUT2D eigenvalue weighted by atomic mass is 9.97. The molecule has 0 aliphatic carbocycles. The van der Waals surface area contributed by atoms with Crippen LogP contribution in [-0.2, 0) is 6.42 Å². The Morgan fingerprint density at radius 2 is 1.35 bits per heavy atom. The molecule has 1 unspecified atom stereocenters. The molecule has 2 rings (SSSR count). The van der Waals surface area contributed by atoms with Gasteiger partial charge in [0.25, 0.3) is 0 Å². The first-order valence-electron chi connectivity index (χ1n) is 7.68. The number of hydrogen-bond donors (Lipinski definition) is 0. The fourth-order valence-electron chi connectivity index (χ4n) is 2.85. The normalized spacial score (nSPS) is 12.6. The molecule has 0 fully saturated rings. The van der Waals surface area contributed by atoms with Gasteiger partial charge in [-0.15, -0.1) is 0 Å². The van der Waals surface area contributed by atoms with Crippen molar-refractivity contribution in [2.75, 3.05) is 13.1 Å². The Kier molecular flexibility index (Phi) is 5.82. The zero-order chi connectivity index (χ0) is 14.2. The molecule has 2 aromatic rings. The molecule has 1 nitrogen and oxygen atoms in total. The van der Waals surface area contributed by atoms with Gasteiger partial charge >= 0.3 is 0 Å². The second-order valence-corrected chi connectivity index (χ2v) is 5.17. The number of hydrogen-bond acceptors (Lipinski definition) is 1. The van der Waals surface area contributed by atoms with Crippen LogP contribution in [0.15, 0.2) is 60.7 Å². The molecule has 0 saturated carbocycles. The summed E-state index contributed by atoms with van der Waals surface area (Å²) in [6, 6.07) is 22.2. The predicted molar refractivity (Wildman–Crippen MR) is 86.9 cm³/mol. The molecule has 106 valence electrons. The van der Waals surface area contributed by atoms with E-state index in [-0.39, 0.29) is 0 Å². The minimum absolute atomic E-state index is 0.520. The smallest absolute Gasteiger partial charge is 0.0351 e. The van der Waals surface area contributed by atoms with Gasteiger partial charge in [0.1, 0.15) is 0 Å². The number of benzene rings is 2. The molecule has 20 heavy (non-hydrogen) atoms. The van der Waals surface area contributed by atoms with E-state index in [1.807, 2.05) is 0 Å². The van der Waals surface area contributed by atoms with E-state index in [0.29, 0.717) is 6.04 Å². The average Bonchev–Trinajstić information content (AvgIpc) is 2.53. The summed E-state index contributed by atoms with van der Waals surface area (Å²) < 4.78 is 0. The van der Waals surface area contributed by atoms with E-state index in [4.69, 9.17) is 0 Å². The van der Waals surface area contributed by atoms with Crippen LogP contribution in [0.4, 0.5) is 0 Å². The summed E-state index contributed by atoms with van der Waals surface area (Å²) in [5, 5.41) is 0.